The summed E-state index contributed by atoms with van der Waals surface area (Å²) in [6.45, 7) is -0.0112. The van der Waals surface area contributed by atoms with Crippen LogP contribution in [0.25, 0.3) is 5.69 Å². The Morgan fingerprint density at radius 2 is 1.88 bits per heavy atom. The van der Waals surface area contributed by atoms with Crippen LogP contribution in [0.5, 0.6) is 0 Å². The summed E-state index contributed by atoms with van der Waals surface area (Å²) in [5.74, 6) is -0.828. The van der Waals surface area contributed by atoms with Gasteiger partial charge in [-0.05, 0) is 29.8 Å². The molecular weight excluding hydrogens is 311 g/mol. The van der Waals surface area contributed by atoms with E-state index in [4.69, 9.17) is 0 Å². The molecule has 0 aliphatic carbocycles. The average Bonchev–Trinajstić information content (AvgIpc) is 3.11. The molecule has 0 bridgehead atoms. The maximum atomic E-state index is 12.9. The smallest absolute Gasteiger partial charge is 0.273 e. The van der Waals surface area contributed by atoms with Crippen LogP contribution in [0.3, 0.4) is 0 Å². The minimum atomic E-state index is -0.932. The fourth-order valence-electron chi connectivity index (χ4n) is 2.14. The maximum Gasteiger partial charge on any atom is 0.273 e. The number of aliphatic hydroxyl groups excluding tert-OH is 1. The number of para-hydroxylation sites is 1. The second-order valence-corrected chi connectivity index (χ2v) is 5.13. The predicted molar refractivity (Wildman–Crippen MR) is 85.1 cm³/mol. The normalized spacial score (nSPS) is 11.9. The van der Waals surface area contributed by atoms with Gasteiger partial charge in [0.15, 0.2) is 5.69 Å². The predicted octanol–water partition coefficient (Wildman–Crippen LogP) is 1.87. The van der Waals surface area contributed by atoms with Crippen LogP contribution in [0, 0.1) is 5.82 Å². The lowest BCUT2D eigenvalue weighted by atomic mass is 10.1. The van der Waals surface area contributed by atoms with Crippen LogP contribution in [-0.2, 0) is 0 Å². The molecule has 0 aliphatic heterocycles. The zero-order valence-electron chi connectivity index (χ0n) is 12.6. The van der Waals surface area contributed by atoms with E-state index in [0.29, 0.717) is 5.56 Å². The summed E-state index contributed by atoms with van der Waals surface area (Å²) in [7, 11) is 0. The van der Waals surface area contributed by atoms with Crippen molar-refractivity contribution in [3.63, 3.8) is 0 Å². The van der Waals surface area contributed by atoms with E-state index in [-0.39, 0.29) is 18.1 Å². The van der Waals surface area contributed by atoms with Crippen molar-refractivity contribution in [1.82, 2.24) is 20.3 Å². The molecule has 3 rings (SSSR count). The van der Waals surface area contributed by atoms with E-state index in [1.54, 1.807) is 0 Å². The van der Waals surface area contributed by atoms with Gasteiger partial charge < -0.3 is 10.4 Å². The first-order chi connectivity index (χ1) is 11.6. The van der Waals surface area contributed by atoms with Crippen molar-refractivity contribution in [2.45, 2.75) is 6.10 Å². The van der Waals surface area contributed by atoms with E-state index in [2.05, 4.69) is 15.5 Å². The first kappa shape index (κ1) is 15.8. The van der Waals surface area contributed by atoms with Gasteiger partial charge in [-0.2, -0.15) is 9.90 Å². The summed E-state index contributed by atoms with van der Waals surface area (Å²) >= 11 is 0. The Bertz CT molecular complexity index is 818. The average molecular weight is 326 g/mol. The molecule has 0 saturated heterocycles. The lowest BCUT2D eigenvalue weighted by Crippen LogP contribution is -2.28. The largest absolute Gasteiger partial charge is 0.387 e. The molecule has 0 aliphatic rings. The molecule has 122 valence electrons. The van der Waals surface area contributed by atoms with Gasteiger partial charge in [0.05, 0.1) is 18.0 Å². The van der Waals surface area contributed by atoms with Crippen molar-refractivity contribution in [3.8, 4) is 5.69 Å². The maximum absolute atomic E-state index is 12.9. The first-order valence-electron chi connectivity index (χ1n) is 7.33. The van der Waals surface area contributed by atoms with Gasteiger partial charge in [-0.3, -0.25) is 4.79 Å². The van der Waals surface area contributed by atoms with E-state index < -0.39 is 12.0 Å². The van der Waals surface area contributed by atoms with Crippen molar-refractivity contribution in [3.05, 3.63) is 77.9 Å². The SMILES string of the molecule is O=C(NCC(O)c1ccc(F)cc1)c1cnn(-c2ccccc2)n1. The lowest BCUT2D eigenvalue weighted by molar-refractivity contribution is 0.0911. The van der Waals surface area contributed by atoms with Gasteiger partial charge in [0, 0.05) is 6.54 Å². The number of aliphatic hydroxyl groups is 1. The molecule has 1 aromatic heterocycles. The Morgan fingerprint density at radius 3 is 2.58 bits per heavy atom. The molecule has 1 heterocycles. The monoisotopic (exact) mass is 326 g/mol. The second-order valence-electron chi connectivity index (χ2n) is 5.13. The third-order valence-electron chi connectivity index (χ3n) is 3.42. The Hall–Kier alpha value is -3.06. The van der Waals surface area contributed by atoms with E-state index in [1.807, 2.05) is 30.3 Å². The standard InChI is InChI=1S/C17H15FN4O2/c18-13-8-6-12(7-9-13)16(23)11-19-17(24)15-10-20-22(21-15)14-4-2-1-3-5-14/h1-10,16,23H,11H2,(H,19,24). The van der Waals surface area contributed by atoms with Crippen LogP contribution in [0.2, 0.25) is 0 Å². The summed E-state index contributed by atoms with van der Waals surface area (Å²) < 4.78 is 12.9. The fourth-order valence-corrected chi connectivity index (χ4v) is 2.14. The Kier molecular flexibility index (Phi) is 4.62. The van der Waals surface area contributed by atoms with Gasteiger partial charge in [0.25, 0.3) is 5.91 Å². The van der Waals surface area contributed by atoms with E-state index in [0.717, 1.165) is 5.69 Å². The number of rotatable bonds is 5. The highest BCUT2D eigenvalue weighted by molar-refractivity contribution is 5.91. The zero-order valence-corrected chi connectivity index (χ0v) is 12.6. The topological polar surface area (TPSA) is 80.0 Å². The third-order valence-corrected chi connectivity index (χ3v) is 3.42. The van der Waals surface area contributed by atoms with E-state index in [9.17, 15) is 14.3 Å². The van der Waals surface area contributed by atoms with Gasteiger partial charge in [-0.15, -0.1) is 5.10 Å². The quantitative estimate of drug-likeness (QED) is 0.750. The molecule has 1 atom stereocenters. The number of hydrogen-bond donors (Lipinski definition) is 2. The van der Waals surface area contributed by atoms with Crippen molar-refractivity contribution < 1.29 is 14.3 Å². The molecule has 0 saturated carbocycles. The van der Waals surface area contributed by atoms with Crippen LogP contribution in [0.15, 0.2) is 60.8 Å². The number of halogens is 1. The van der Waals surface area contributed by atoms with Crippen LogP contribution in [-0.4, -0.2) is 32.6 Å². The third kappa shape index (κ3) is 3.64. The first-order valence-corrected chi connectivity index (χ1v) is 7.33. The minimum absolute atomic E-state index is 0.0112. The molecule has 1 amide bonds. The highest BCUT2D eigenvalue weighted by atomic mass is 19.1. The number of aromatic nitrogens is 3. The number of amides is 1. The van der Waals surface area contributed by atoms with Crippen LogP contribution in [0.4, 0.5) is 4.39 Å². The molecule has 0 radical (unpaired) electrons. The summed E-state index contributed by atoms with van der Waals surface area (Å²) in [5.41, 5.74) is 1.40. The fraction of sp³-hybridized carbons (Fsp3) is 0.118. The van der Waals surface area contributed by atoms with Crippen molar-refractivity contribution in [1.29, 1.82) is 0 Å². The minimum Gasteiger partial charge on any atom is -0.387 e. The van der Waals surface area contributed by atoms with Crippen molar-refractivity contribution >= 4 is 5.91 Å². The molecule has 6 nitrogen and oxygen atoms in total. The van der Waals surface area contributed by atoms with Crippen LogP contribution in [0.1, 0.15) is 22.2 Å². The van der Waals surface area contributed by atoms with Gasteiger partial charge in [0.2, 0.25) is 0 Å². The number of benzene rings is 2. The number of hydrogen-bond acceptors (Lipinski definition) is 4. The second kappa shape index (κ2) is 7.01. The Balaban J connectivity index is 1.61. The molecule has 7 heteroatoms. The number of nitrogens with one attached hydrogen (secondary N) is 1. The summed E-state index contributed by atoms with van der Waals surface area (Å²) in [6, 6.07) is 14.7. The molecule has 2 N–H and O–H groups in total. The molecule has 3 aromatic rings. The Labute approximate surface area is 137 Å². The molecule has 0 spiro atoms. The highest BCUT2D eigenvalue weighted by Gasteiger charge is 2.14. The number of nitrogens with zero attached hydrogens (tertiary/aromatic N) is 3. The van der Waals surface area contributed by atoms with Crippen LogP contribution < -0.4 is 5.32 Å². The van der Waals surface area contributed by atoms with Gasteiger partial charge in [-0.25, -0.2) is 4.39 Å². The highest BCUT2D eigenvalue weighted by Crippen LogP contribution is 2.12. The van der Waals surface area contributed by atoms with Gasteiger partial charge in [-0.1, -0.05) is 30.3 Å². The summed E-state index contributed by atoms with van der Waals surface area (Å²) in [4.78, 5) is 13.4. The van der Waals surface area contributed by atoms with Crippen LogP contribution >= 0.6 is 0 Å². The molecule has 1 unspecified atom stereocenters. The zero-order chi connectivity index (χ0) is 16.9. The van der Waals surface area contributed by atoms with Gasteiger partial charge in [0.1, 0.15) is 5.82 Å². The molecular formula is C17H15FN4O2. The van der Waals surface area contributed by atoms with Crippen molar-refractivity contribution in [2.75, 3.05) is 6.54 Å². The number of carbonyl (C=O) groups excluding carboxylic acids is 1. The van der Waals surface area contributed by atoms with Gasteiger partial charge >= 0.3 is 0 Å². The molecule has 2 aromatic carbocycles. The molecule has 0 fully saturated rings. The molecule has 24 heavy (non-hydrogen) atoms. The number of carbonyl (C=O) groups is 1. The summed E-state index contributed by atoms with van der Waals surface area (Å²) in [6.07, 6.45) is 0.422. The Morgan fingerprint density at radius 1 is 1.17 bits per heavy atom. The van der Waals surface area contributed by atoms with Crippen molar-refractivity contribution in [2.24, 2.45) is 0 Å². The summed E-state index contributed by atoms with van der Waals surface area (Å²) in [5, 5.41) is 20.7. The lowest BCUT2D eigenvalue weighted by Gasteiger charge is -2.11. The van der Waals surface area contributed by atoms with E-state index >= 15 is 0 Å². The van der Waals surface area contributed by atoms with E-state index in [1.165, 1.54) is 35.3 Å².